The quantitative estimate of drug-likeness (QED) is 0.719. The van der Waals surface area contributed by atoms with Crippen molar-refractivity contribution in [1.82, 2.24) is 5.32 Å². The van der Waals surface area contributed by atoms with E-state index >= 15 is 0 Å². The van der Waals surface area contributed by atoms with E-state index in [0.29, 0.717) is 0 Å². The van der Waals surface area contributed by atoms with Crippen molar-refractivity contribution in [2.45, 2.75) is 51.0 Å². The van der Waals surface area contributed by atoms with Crippen molar-refractivity contribution in [3.63, 3.8) is 0 Å². The molecule has 1 fully saturated rings. The number of ether oxygens (including phenoxy) is 1. The highest BCUT2D eigenvalue weighted by Gasteiger charge is 2.28. The van der Waals surface area contributed by atoms with Crippen LogP contribution in [0.2, 0.25) is 0 Å². The van der Waals surface area contributed by atoms with Gasteiger partial charge in [0.25, 0.3) is 0 Å². The van der Waals surface area contributed by atoms with Crippen LogP contribution in [0.15, 0.2) is 4.99 Å². The Morgan fingerprint density at radius 2 is 2.00 bits per heavy atom. The predicted molar refractivity (Wildman–Crippen MR) is 62.4 cm³/mol. The predicted octanol–water partition coefficient (Wildman–Crippen LogP) is 2.12. The lowest BCUT2D eigenvalue weighted by molar-refractivity contribution is 0.0522. The smallest absolute Gasteiger partial charge is 0.0967 e. The monoisotopic (exact) mass is 210 g/mol. The Balaban J connectivity index is 1.90. The van der Waals surface area contributed by atoms with Crippen molar-refractivity contribution in [2.75, 3.05) is 19.8 Å². The van der Waals surface area contributed by atoms with Crippen LogP contribution in [-0.2, 0) is 4.74 Å². The number of rotatable bonds is 1. The van der Waals surface area contributed by atoms with Crippen LogP contribution in [0.3, 0.4) is 0 Å². The minimum Gasteiger partial charge on any atom is -0.381 e. The molecule has 0 amide bonds. The van der Waals surface area contributed by atoms with E-state index in [1.54, 1.807) is 0 Å². The lowest BCUT2D eigenvalue weighted by Gasteiger charge is -2.35. The third-order valence-electron chi connectivity index (χ3n) is 3.42. The van der Waals surface area contributed by atoms with Crippen molar-refractivity contribution < 1.29 is 4.74 Å². The van der Waals surface area contributed by atoms with Crippen molar-refractivity contribution in [3.05, 3.63) is 0 Å². The van der Waals surface area contributed by atoms with E-state index in [1.165, 1.54) is 25.1 Å². The van der Waals surface area contributed by atoms with Gasteiger partial charge in [-0.3, -0.25) is 4.99 Å². The highest BCUT2D eigenvalue weighted by atomic mass is 16.5. The Morgan fingerprint density at radius 1 is 1.20 bits per heavy atom. The molecule has 0 aliphatic carbocycles. The molecular formula is C12H22N2O. The molecule has 2 heterocycles. The Kier molecular flexibility index (Phi) is 3.62. The number of nitrogens with one attached hydrogen (secondary N) is 1. The fraction of sp³-hybridized carbons (Fsp3) is 0.917. The lowest BCUT2D eigenvalue weighted by Crippen LogP contribution is -2.49. The maximum atomic E-state index is 5.40. The molecule has 86 valence electrons. The van der Waals surface area contributed by atoms with Crippen LogP contribution in [-0.4, -0.2) is 31.1 Å². The molecular weight excluding hydrogens is 188 g/mol. The van der Waals surface area contributed by atoms with Gasteiger partial charge in [0.15, 0.2) is 0 Å². The largest absolute Gasteiger partial charge is 0.381 e. The van der Waals surface area contributed by atoms with E-state index in [4.69, 9.17) is 4.74 Å². The average molecular weight is 210 g/mol. The van der Waals surface area contributed by atoms with Gasteiger partial charge in [-0.2, -0.15) is 0 Å². The first-order valence-electron chi connectivity index (χ1n) is 6.18. The van der Waals surface area contributed by atoms with E-state index in [0.717, 1.165) is 39.0 Å². The summed E-state index contributed by atoms with van der Waals surface area (Å²) in [6.45, 7) is 5.07. The minimum absolute atomic E-state index is 0.224. The molecule has 0 radical (unpaired) electrons. The maximum Gasteiger partial charge on any atom is 0.0967 e. The molecule has 0 aromatic carbocycles. The van der Waals surface area contributed by atoms with Crippen molar-refractivity contribution >= 4 is 5.84 Å². The Labute approximate surface area is 92.3 Å². The molecule has 2 aliphatic heterocycles. The fourth-order valence-electron chi connectivity index (χ4n) is 2.27. The second kappa shape index (κ2) is 4.97. The molecule has 2 aliphatic rings. The number of hydrogen-bond acceptors (Lipinski definition) is 3. The third-order valence-corrected chi connectivity index (χ3v) is 3.42. The van der Waals surface area contributed by atoms with Gasteiger partial charge in [0.2, 0.25) is 0 Å². The van der Waals surface area contributed by atoms with Gasteiger partial charge in [-0.25, -0.2) is 0 Å². The summed E-state index contributed by atoms with van der Waals surface area (Å²) in [4.78, 5) is 4.63. The second-order valence-corrected chi connectivity index (χ2v) is 4.94. The zero-order valence-electron chi connectivity index (χ0n) is 9.72. The van der Waals surface area contributed by atoms with Gasteiger partial charge in [-0.15, -0.1) is 0 Å². The molecule has 3 heteroatoms. The molecule has 1 saturated heterocycles. The standard InChI is InChI=1S/C12H22N2O/c1-12(6-9-15-10-7-12)14-11-5-3-2-4-8-13-11/h2-10H2,1H3,(H,13,14). The van der Waals surface area contributed by atoms with Crippen molar-refractivity contribution in [1.29, 1.82) is 0 Å². The highest BCUT2D eigenvalue weighted by Crippen LogP contribution is 2.20. The van der Waals surface area contributed by atoms with Crippen molar-refractivity contribution in [2.24, 2.45) is 4.99 Å². The molecule has 0 saturated carbocycles. The molecule has 0 atom stereocenters. The molecule has 0 bridgehead atoms. The first kappa shape index (κ1) is 10.9. The topological polar surface area (TPSA) is 33.6 Å². The Bertz CT molecular complexity index is 232. The minimum atomic E-state index is 0.224. The number of aliphatic imine (C=N–C) groups is 1. The number of nitrogens with zero attached hydrogens (tertiary/aromatic N) is 1. The number of hydrogen-bond donors (Lipinski definition) is 1. The fourth-order valence-corrected chi connectivity index (χ4v) is 2.27. The van der Waals surface area contributed by atoms with E-state index in [9.17, 15) is 0 Å². The van der Waals surface area contributed by atoms with E-state index in [1.807, 2.05) is 0 Å². The van der Waals surface area contributed by atoms with Gasteiger partial charge in [0, 0.05) is 31.7 Å². The first-order valence-corrected chi connectivity index (χ1v) is 6.18. The normalized spacial score (nSPS) is 26.6. The Morgan fingerprint density at radius 3 is 2.80 bits per heavy atom. The van der Waals surface area contributed by atoms with E-state index < -0.39 is 0 Å². The molecule has 0 aromatic heterocycles. The molecule has 1 N–H and O–H groups in total. The summed E-state index contributed by atoms with van der Waals surface area (Å²) in [6.07, 6.45) is 7.21. The van der Waals surface area contributed by atoms with Gasteiger partial charge in [-0.1, -0.05) is 6.42 Å². The van der Waals surface area contributed by atoms with Gasteiger partial charge in [0.1, 0.15) is 0 Å². The average Bonchev–Trinajstić information content (AvgIpc) is 2.47. The summed E-state index contributed by atoms with van der Waals surface area (Å²) in [7, 11) is 0. The SMILES string of the molecule is CC1(NC2=NCCCCC2)CCOCC1. The highest BCUT2D eigenvalue weighted by molar-refractivity contribution is 5.83. The van der Waals surface area contributed by atoms with Crippen LogP contribution in [0.5, 0.6) is 0 Å². The second-order valence-electron chi connectivity index (χ2n) is 4.94. The van der Waals surface area contributed by atoms with Crippen LogP contribution in [0.25, 0.3) is 0 Å². The van der Waals surface area contributed by atoms with Gasteiger partial charge in [0.05, 0.1) is 5.84 Å². The molecule has 0 spiro atoms. The van der Waals surface area contributed by atoms with Crippen LogP contribution in [0, 0.1) is 0 Å². The van der Waals surface area contributed by atoms with Crippen molar-refractivity contribution in [3.8, 4) is 0 Å². The molecule has 0 aromatic rings. The molecule has 15 heavy (non-hydrogen) atoms. The summed E-state index contributed by atoms with van der Waals surface area (Å²) >= 11 is 0. The summed E-state index contributed by atoms with van der Waals surface area (Å²) in [5, 5.41) is 3.64. The zero-order valence-corrected chi connectivity index (χ0v) is 9.72. The van der Waals surface area contributed by atoms with Crippen LogP contribution < -0.4 is 5.32 Å². The van der Waals surface area contributed by atoms with Crippen LogP contribution in [0.1, 0.15) is 45.4 Å². The third kappa shape index (κ3) is 3.20. The molecule has 3 nitrogen and oxygen atoms in total. The zero-order chi connectivity index (χ0) is 10.6. The van der Waals surface area contributed by atoms with E-state index in [-0.39, 0.29) is 5.54 Å². The summed E-state index contributed by atoms with van der Waals surface area (Å²) in [5.41, 5.74) is 0.224. The Hall–Kier alpha value is -0.570. The number of amidine groups is 1. The van der Waals surface area contributed by atoms with Gasteiger partial charge >= 0.3 is 0 Å². The lowest BCUT2D eigenvalue weighted by atomic mass is 9.92. The van der Waals surface area contributed by atoms with Crippen LogP contribution in [0.4, 0.5) is 0 Å². The van der Waals surface area contributed by atoms with Gasteiger partial charge in [-0.05, 0) is 32.6 Å². The maximum absolute atomic E-state index is 5.40. The summed E-state index contributed by atoms with van der Waals surface area (Å²) in [5.74, 6) is 1.23. The molecule has 0 unspecified atom stereocenters. The van der Waals surface area contributed by atoms with E-state index in [2.05, 4.69) is 17.2 Å². The molecule has 2 rings (SSSR count). The van der Waals surface area contributed by atoms with Crippen LogP contribution >= 0.6 is 0 Å². The summed E-state index contributed by atoms with van der Waals surface area (Å²) in [6, 6.07) is 0. The van der Waals surface area contributed by atoms with Gasteiger partial charge < -0.3 is 10.1 Å². The first-order chi connectivity index (χ1) is 7.29. The summed E-state index contributed by atoms with van der Waals surface area (Å²) < 4.78 is 5.40.